The van der Waals surface area contributed by atoms with Gasteiger partial charge in [-0.3, -0.25) is 0 Å². The topological polar surface area (TPSA) is 23.5 Å². The van der Waals surface area contributed by atoms with Crippen molar-refractivity contribution < 1.29 is 5.11 Å². The summed E-state index contributed by atoms with van der Waals surface area (Å²) in [7, 11) is 2.31. The lowest BCUT2D eigenvalue weighted by molar-refractivity contribution is 0.0894. The van der Waals surface area contributed by atoms with Gasteiger partial charge >= 0.3 is 0 Å². The standard InChI is InChI=1S/C18H27NO/c1-13-5-7-14(8-6-13)17-12-15-9-10-18(19(15)2)16(17)4-3-11-20/h5-8,15-18,20H,3-4,9-12H2,1-2H3/t15?,16-,17+,18?/m0/s1. The van der Waals surface area contributed by atoms with Gasteiger partial charge in [0.2, 0.25) is 0 Å². The van der Waals surface area contributed by atoms with Crippen LogP contribution in [0.5, 0.6) is 0 Å². The number of aliphatic hydroxyl groups excluding tert-OH is 1. The van der Waals surface area contributed by atoms with Crippen LogP contribution >= 0.6 is 0 Å². The van der Waals surface area contributed by atoms with E-state index in [0.717, 1.165) is 24.9 Å². The first kappa shape index (κ1) is 14.1. The van der Waals surface area contributed by atoms with Gasteiger partial charge in [-0.25, -0.2) is 0 Å². The lowest BCUT2D eigenvalue weighted by Gasteiger charge is -2.43. The van der Waals surface area contributed by atoms with Gasteiger partial charge in [-0.1, -0.05) is 29.8 Å². The van der Waals surface area contributed by atoms with E-state index >= 15 is 0 Å². The molecular formula is C18H27NO. The summed E-state index contributed by atoms with van der Waals surface area (Å²) in [5.41, 5.74) is 2.86. The third-order valence-electron chi connectivity index (χ3n) is 5.63. The molecule has 0 spiro atoms. The molecule has 1 N–H and O–H groups in total. The van der Waals surface area contributed by atoms with Gasteiger partial charge in [-0.05, 0) is 63.5 Å². The molecule has 2 bridgehead atoms. The predicted molar refractivity (Wildman–Crippen MR) is 82.9 cm³/mol. The van der Waals surface area contributed by atoms with E-state index in [1.807, 2.05) is 0 Å². The van der Waals surface area contributed by atoms with E-state index in [4.69, 9.17) is 0 Å². The normalized spacial score (nSPS) is 33.5. The Morgan fingerprint density at radius 3 is 2.65 bits per heavy atom. The van der Waals surface area contributed by atoms with Gasteiger partial charge < -0.3 is 10.0 Å². The first-order chi connectivity index (χ1) is 9.70. The first-order valence-corrected chi connectivity index (χ1v) is 8.10. The monoisotopic (exact) mass is 273 g/mol. The molecule has 0 aromatic heterocycles. The molecule has 2 saturated heterocycles. The van der Waals surface area contributed by atoms with Crippen molar-refractivity contribution in [2.24, 2.45) is 5.92 Å². The highest BCUT2D eigenvalue weighted by Gasteiger charge is 2.45. The molecule has 2 heteroatoms. The Labute approximate surface area is 122 Å². The Hall–Kier alpha value is -0.860. The Kier molecular flexibility index (Phi) is 4.13. The lowest BCUT2D eigenvalue weighted by atomic mass is 9.74. The Morgan fingerprint density at radius 2 is 1.95 bits per heavy atom. The molecule has 0 amide bonds. The van der Waals surface area contributed by atoms with Crippen LogP contribution in [0.15, 0.2) is 24.3 Å². The largest absolute Gasteiger partial charge is 0.396 e. The lowest BCUT2D eigenvalue weighted by Crippen LogP contribution is -2.45. The highest BCUT2D eigenvalue weighted by Crippen LogP contribution is 2.47. The second-order valence-corrected chi connectivity index (χ2v) is 6.75. The van der Waals surface area contributed by atoms with Gasteiger partial charge in [0.1, 0.15) is 0 Å². The van der Waals surface area contributed by atoms with E-state index in [9.17, 15) is 5.11 Å². The molecular weight excluding hydrogens is 246 g/mol. The maximum absolute atomic E-state index is 9.21. The van der Waals surface area contributed by atoms with Gasteiger partial charge in [-0.15, -0.1) is 0 Å². The van der Waals surface area contributed by atoms with Crippen molar-refractivity contribution in [3.05, 3.63) is 35.4 Å². The summed E-state index contributed by atoms with van der Waals surface area (Å²) in [5, 5.41) is 9.21. The van der Waals surface area contributed by atoms with Crippen LogP contribution in [0.3, 0.4) is 0 Å². The summed E-state index contributed by atoms with van der Waals surface area (Å²) in [6.45, 7) is 2.49. The summed E-state index contributed by atoms with van der Waals surface area (Å²) in [5.74, 6) is 1.41. The molecule has 2 nitrogen and oxygen atoms in total. The van der Waals surface area contributed by atoms with Crippen LogP contribution in [0.4, 0.5) is 0 Å². The van der Waals surface area contributed by atoms with Gasteiger partial charge in [0.15, 0.2) is 0 Å². The fraction of sp³-hybridized carbons (Fsp3) is 0.667. The van der Waals surface area contributed by atoms with Gasteiger partial charge in [0.25, 0.3) is 0 Å². The van der Waals surface area contributed by atoms with Crippen LogP contribution in [-0.4, -0.2) is 35.7 Å². The highest BCUT2D eigenvalue weighted by atomic mass is 16.2. The summed E-state index contributed by atoms with van der Waals surface area (Å²) < 4.78 is 0. The molecule has 0 aliphatic carbocycles. The molecule has 0 radical (unpaired) electrons. The molecule has 3 rings (SSSR count). The molecule has 2 unspecified atom stereocenters. The Balaban J connectivity index is 1.85. The van der Waals surface area contributed by atoms with Gasteiger partial charge in [0, 0.05) is 18.7 Å². The maximum Gasteiger partial charge on any atom is 0.0431 e. The van der Waals surface area contributed by atoms with Crippen LogP contribution in [0.25, 0.3) is 0 Å². The van der Waals surface area contributed by atoms with E-state index in [1.54, 1.807) is 0 Å². The SMILES string of the molecule is Cc1ccc([C@H]2CC3CCC([C@H]2CCCO)N3C)cc1. The average molecular weight is 273 g/mol. The number of nitrogens with zero attached hydrogens (tertiary/aromatic N) is 1. The molecule has 0 saturated carbocycles. The van der Waals surface area contributed by atoms with Crippen molar-refractivity contribution in [1.82, 2.24) is 4.90 Å². The van der Waals surface area contributed by atoms with Crippen LogP contribution in [0.1, 0.15) is 49.1 Å². The third kappa shape index (κ3) is 2.51. The quantitative estimate of drug-likeness (QED) is 0.909. The van der Waals surface area contributed by atoms with Crippen molar-refractivity contribution >= 4 is 0 Å². The van der Waals surface area contributed by atoms with Crippen molar-refractivity contribution in [3.63, 3.8) is 0 Å². The van der Waals surface area contributed by atoms with Crippen molar-refractivity contribution in [1.29, 1.82) is 0 Å². The minimum absolute atomic E-state index is 0.330. The molecule has 1 aromatic carbocycles. The number of hydrogen-bond donors (Lipinski definition) is 1. The number of hydrogen-bond acceptors (Lipinski definition) is 2. The number of fused-ring (bicyclic) bond motifs is 2. The summed E-state index contributed by atoms with van der Waals surface area (Å²) in [6.07, 6.45) is 6.11. The molecule has 1 aromatic rings. The van der Waals surface area contributed by atoms with E-state index in [-0.39, 0.29) is 0 Å². The Bertz CT molecular complexity index is 441. The first-order valence-electron chi connectivity index (χ1n) is 8.10. The number of aliphatic hydroxyl groups is 1. The van der Waals surface area contributed by atoms with Crippen LogP contribution in [-0.2, 0) is 0 Å². The average Bonchev–Trinajstić information content (AvgIpc) is 2.71. The zero-order valence-corrected chi connectivity index (χ0v) is 12.8. The van der Waals surface area contributed by atoms with E-state index in [1.165, 1.54) is 30.4 Å². The zero-order valence-electron chi connectivity index (χ0n) is 12.8. The van der Waals surface area contributed by atoms with Crippen LogP contribution < -0.4 is 0 Å². The minimum Gasteiger partial charge on any atom is -0.396 e. The highest BCUT2D eigenvalue weighted by molar-refractivity contribution is 5.27. The van der Waals surface area contributed by atoms with Crippen LogP contribution in [0, 0.1) is 12.8 Å². The molecule has 4 atom stereocenters. The van der Waals surface area contributed by atoms with Crippen molar-refractivity contribution in [2.45, 2.75) is 57.0 Å². The van der Waals surface area contributed by atoms with Crippen molar-refractivity contribution in [2.75, 3.05) is 13.7 Å². The minimum atomic E-state index is 0.330. The molecule has 2 aliphatic heterocycles. The molecule has 2 heterocycles. The zero-order chi connectivity index (χ0) is 14.1. The predicted octanol–water partition coefficient (Wildman–Crippen LogP) is 3.33. The fourth-order valence-corrected chi connectivity index (χ4v) is 4.49. The molecule has 110 valence electrons. The number of benzene rings is 1. The smallest absolute Gasteiger partial charge is 0.0431 e. The van der Waals surface area contributed by atoms with Crippen LogP contribution in [0.2, 0.25) is 0 Å². The molecule has 2 aliphatic rings. The number of piperidine rings is 1. The van der Waals surface area contributed by atoms with E-state index in [2.05, 4.69) is 43.1 Å². The summed E-state index contributed by atoms with van der Waals surface area (Å²) in [4.78, 5) is 2.62. The summed E-state index contributed by atoms with van der Waals surface area (Å²) in [6, 6.07) is 10.7. The summed E-state index contributed by atoms with van der Waals surface area (Å²) >= 11 is 0. The van der Waals surface area contributed by atoms with E-state index < -0.39 is 0 Å². The Morgan fingerprint density at radius 1 is 1.20 bits per heavy atom. The maximum atomic E-state index is 9.21. The number of aryl methyl sites for hydroxylation is 1. The molecule has 2 fully saturated rings. The number of rotatable bonds is 4. The van der Waals surface area contributed by atoms with Crippen molar-refractivity contribution in [3.8, 4) is 0 Å². The fourth-order valence-electron chi connectivity index (χ4n) is 4.49. The second-order valence-electron chi connectivity index (χ2n) is 6.75. The second kappa shape index (κ2) is 5.87. The van der Waals surface area contributed by atoms with Gasteiger partial charge in [-0.2, -0.15) is 0 Å². The van der Waals surface area contributed by atoms with E-state index in [0.29, 0.717) is 18.4 Å². The molecule has 20 heavy (non-hydrogen) atoms. The third-order valence-corrected chi connectivity index (χ3v) is 5.63. The van der Waals surface area contributed by atoms with Gasteiger partial charge in [0.05, 0.1) is 0 Å².